The molecule has 2 heterocycles. The van der Waals surface area contributed by atoms with Gasteiger partial charge in [-0.05, 0) is 54.2 Å². The van der Waals surface area contributed by atoms with Gasteiger partial charge in [-0.25, -0.2) is 13.6 Å². The first-order valence-corrected chi connectivity index (χ1v) is 11.8. The Morgan fingerprint density at radius 1 is 1.17 bits per heavy atom. The van der Waals surface area contributed by atoms with Crippen LogP contribution in [-0.4, -0.2) is 74.6 Å². The molecule has 2 aliphatic rings. The number of ether oxygens (including phenoxy) is 2. The summed E-state index contributed by atoms with van der Waals surface area (Å²) in [5.74, 6) is -0.948. The third-order valence-electron chi connectivity index (χ3n) is 6.00. The second-order valence-electron chi connectivity index (χ2n) is 8.32. The number of hydrogen-bond donors (Lipinski definition) is 1. The third-order valence-corrected chi connectivity index (χ3v) is 6.31. The molecule has 0 radical (unpaired) electrons. The largest absolute Gasteiger partial charge is 0.474 e. The molecule has 0 spiro atoms. The third kappa shape index (κ3) is 6.09. The molecule has 190 valence electrons. The minimum Gasteiger partial charge on any atom is -0.474 e. The molecule has 36 heavy (non-hydrogen) atoms. The summed E-state index contributed by atoms with van der Waals surface area (Å²) in [5.41, 5.74) is 1.54. The van der Waals surface area contributed by atoms with Crippen molar-refractivity contribution in [2.45, 2.75) is 6.10 Å². The van der Waals surface area contributed by atoms with Crippen molar-refractivity contribution in [1.29, 1.82) is 0 Å². The number of rotatable bonds is 6. The summed E-state index contributed by atoms with van der Waals surface area (Å²) in [4.78, 5) is 29.7. The number of halogens is 2. The molecule has 8 nitrogen and oxygen atoms in total. The number of amides is 2. The van der Waals surface area contributed by atoms with Crippen molar-refractivity contribution in [2.24, 2.45) is 0 Å². The van der Waals surface area contributed by atoms with Crippen LogP contribution in [0.5, 0.6) is 0 Å². The maximum absolute atomic E-state index is 15.0. The Morgan fingerprint density at radius 2 is 1.89 bits per heavy atom. The number of nitrogens with zero attached hydrogens (tertiary/aromatic N) is 3. The molecular formula is C25H26F2N4O4S. The summed E-state index contributed by atoms with van der Waals surface area (Å²) in [6.45, 7) is 2.34. The summed E-state index contributed by atoms with van der Waals surface area (Å²) < 4.78 is 38.2. The fourth-order valence-electron chi connectivity index (χ4n) is 4.04. The van der Waals surface area contributed by atoms with Gasteiger partial charge in [-0.15, -0.1) is 0 Å². The topological polar surface area (TPSA) is 74.4 Å². The summed E-state index contributed by atoms with van der Waals surface area (Å²) in [6, 6.07) is 10.5. The molecule has 1 atom stereocenters. The maximum Gasteiger partial charge on any atom is 0.414 e. The van der Waals surface area contributed by atoms with Crippen LogP contribution in [0.4, 0.5) is 25.0 Å². The molecule has 2 fully saturated rings. The second-order valence-corrected chi connectivity index (χ2v) is 8.69. The van der Waals surface area contributed by atoms with E-state index in [2.05, 4.69) is 5.32 Å². The average Bonchev–Trinajstić information content (AvgIpc) is 3.27. The average molecular weight is 517 g/mol. The van der Waals surface area contributed by atoms with Gasteiger partial charge in [-0.2, -0.15) is 0 Å². The van der Waals surface area contributed by atoms with Gasteiger partial charge in [-0.1, -0.05) is 12.1 Å². The van der Waals surface area contributed by atoms with Crippen molar-refractivity contribution in [3.05, 3.63) is 65.7 Å². The number of piperazine rings is 1. The normalized spacial score (nSPS) is 17.9. The van der Waals surface area contributed by atoms with Crippen LogP contribution in [-0.2, 0) is 14.3 Å². The second kappa shape index (κ2) is 11.3. The lowest BCUT2D eigenvalue weighted by Gasteiger charge is -2.36. The number of nitrogens with one attached hydrogen (secondary N) is 1. The van der Waals surface area contributed by atoms with Gasteiger partial charge < -0.3 is 24.6 Å². The van der Waals surface area contributed by atoms with E-state index < -0.39 is 18.0 Å². The number of benzene rings is 2. The van der Waals surface area contributed by atoms with Gasteiger partial charge in [0, 0.05) is 32.3 Å². The molecule has 4 rings (SSSR count). The highest BCUT2D eigenvalue weighted by Gasteiger charge is 2.33. The van der Waals surface area contributed by atoms with E-state index in [4.69, 9.17) is 21.7 Å². The SMILES string of the molecule is COC(=S)NC[C@H]1CN(c2ccc(N3CCN(C(=O)/C=C/c4ccc(F)cc4)CC3)c(F)c2)C(=O)O1. The number of carbonyl (C=O) groups is 2. The van der Waals surface area contributed by atoms with Gasteiger partial charge in [0.05, 0.1) is 31.6 Å². The predicted molar refractivity (Wildman–Crippen MR) is 136 cm³/mol. The van der Waals surface area contributed by atoms with Crippen LogP contribution in [0.25, 0.3) is 6.08 Å². The highest BCUT2D eigenvalue weighted by molar-refractivity contribution is 7.80. The Hall–Kier alpha value is -3.73. The predicted octanol–water partition coefficient (Wildman–Crippen LogP) is 3.17. The van der Waals surface area contributed by atoms with E-state index in [1.807, 2.05) is 4.90 Å². The van der Waals surface area contributed by atoms with Gasteiger partial charge in [0.1, 0.15) is 17.7 Å². The molecule has 1 N–H and O–H groups in total. The number of anilines is 2. The molecule has 0 aliphatic carbocycles. The smallest absolute Gasteiger partial charge is 0.414 e. The Morgan fingerprint density at radius 3 is 2.56 bits per heavy atom. The van der Waals surface area contributed by atoms with Gasteiger partial charge in [-0.3, -0.25) is 9.69 Å². The number of carbonyl (C=O) groups excluding carboxylic acids is 2. The van der Waals surface area contributed by atoms with Crippen LogP contribution < -0.4 is 15.1 Å². The number of cyclic esters (lactones) is 1. The van der Waals surface area contributed by atoms with Crippen molar-refractivity contribution < 1.29 is 27.8 Å². The molecule has 0 saturated carbocycles. The monoisotopic (exact) mass is 516 g/mol. The molecular weight excluding hydrogens is 490 g/mol. The molecule has 0 bridgehead atoms. The van der Waals surface area contributed by atoms with Gasteiger partial charge in [0.15, 0.2) is 0 Å². The highest BCUT2D eigenvalue weighted by atomic mass is 32.1. The minimum absolute atomic E-state index is 0.155. The van der Waals surface area contributed by atoms with Crippen LogP contribution in [0.1, 0.15) is 5.56 Å². The standard InChI is InChI=1S/C25H26F2N4O4S/c1-34-24(36)28-15-20-16-31(25(33)35-20)19-7-8-22(21(27)14-19)29-10-12-30(13-11-29)23(32)9-4-17-2-5-18(26)6-3-17/h2-9,14,20H,10-13,15-16H2,1H3,(H,28,36)/b9-4+/t20-/m0/s1. The van der Waals surface area contributed by atoms with Crippen LogP contribution in [0.3, 0.4) is 0 Å². The fraction of sp³-hybridized carbons (Fsp3) is 0.320. The fourth-order valence-corrected chi connectivity index (χ4v) is 4.13. The van der Waals surface area contributed by atoms with Crippen LogP contribution >= 0.6 is 12.2 Å². The quantitative estimate of drug-likeness (QED) is 0.467. The van der Waals surface area contributed by atoms with E-state index >= 15 is 4.39 Å². The zero-order chi connectivity index (χ0) is 25.7. The van der Waals surface area contributed by atoms with Crippen LogP contribution in [0, 0.1) is 11.6 Å². The summed E-state index contributed by atoms with van der Waals surface area (Å²) in [5, 5.41) is 3.04. The van der Waals surface area contributed by atoms with Crippen LogP contribution in [0.2, 0.25) is 0 Å². The molecule has 2 aromatic carbocycles. The zero-order valence-corrected chi connectivity index (χ0v) is 20.5. The van der Waals surface area contributed by atoms with E-state index in [9.17, 15) is 14.0 Å². The lowest BCUT2D eigenvalue weighted by molar-refractivity contribution is -0.126. The summed E-state index contributed by atoms with van der Waals surface area (Å²) in [6.07, 6.45) is 2.09. The Bertz CT molecular complexity index is 1150. The van der Waals surface area contributed by atoms with Crippen molar-refractivity contribution >= 4 is 46.8 Å². The number of thiocarbonyl (C=S) groups is 1. The first kappa shape index (κ1) is 25.4. The van der Waals surface area contributed by atoms with Gasteiger partial charge in [0.2, 0.25) is 5.91 Å². The number of methoxy groups -OCH3 is 1. The molecule has 11 heteroatoms. The Balaban J connectivity index is 1.32. The van der Waals surface area contributed by atoms with Gasteiger partial charge in [0.25, 0.3) is 5.17 Å². The van der Waals surface area contributed by atoms with Crippen molar-refractivity contribution in [1.82, 2.24) is 10.2 Å². The Kier molecular flexibility index (Phi) is 7.99. The molecule has 0 unspecified atom stereocenters. The van der Waals surface area contributed by atoms with Crippen molar-refractivity contribution in [3.8, 4) is 0 Å². The molecule has 2 aromatic rings. The van der Waals surface area contributed by atoms with Crippen molar-refractivity contribution in [3.63, 3.8) is 0 Å². The van der Waals surface area contributed by atoms with E-state index in [0.717, 1.165) is 5.56 Å². The zero-order valence-electron chi connectivity index (χ0n) is 19.7. The lowest BCUT2D eigenvalue weighted by atomic mass is 10.2. The molecule has 2 aliphatic heterocycles. The minimum atomic E-state index is -0.557. The first-order chi connectivity index (χ1) is 17.3. The van der Waals surface area contributed by atoms with Crippen molar-refractivity contribution in [2.75, 3.05) is 56.2 Å². The number of hydrogen-bond acceptors (Lipinski definition) is 6. The highest BCUT2D eigenvalue weighted by Crippen LogP contribution is 2.28. The first-order valence-electron chi connectivity index (χ1n) is 11.4. The van der Waals surface area contributed by atoms with E-state index in [1.54, 1.807) is 35.2 Å². The lowest BCUT2D eigenvalue weighted by Crippen LogP contribution is -2.48. The van der Waals surface area contributed by atoms with Crippen LogP contribution in [0.15, 0.2) is 48.5 Å². The molecule has 2 saturated heterocycles. The van der Waals surface area contributed by atoms with Gasteiger partial charge >= 0.3 is 6.09 Å². The maximum atomic E-state index is 15.0. The van der Waals surface area contributed by atoms with E-state index in [0.29, 0.717) is 37.6 Å². The summed E-state index contributed by atoms with van der Waals surface area (Å²) in [7, 11) is 1.44. The summed E-state index contributed by atoms with van der Waals surface area (Å²) >= 11 is 4.92. The molecule has 0 aromatic heterocycles. The Labute approximate surface area is 213 Å². The van der Waals surface area contributed by atoms with E-state index in [1.165, 1.54) is 36.3 Å². The molecule has 2 amide bonds. The van der Waals surface area contributed by atoms with E-state index in [-0.39, 0.29) is 30.0 Å².